The van der Waals surface area contributed by atoms with Crippen LogP contribution >= 0.6 is 11.6 Å². The molecule has 0 aliphatic carbocycles. The molecule has 0 atom stereocenters. The third kappa shape index (κ3) is 5.16. The molecule has 0 aliphatic heterocycles. The third-order valence-corrected chi connectivity index (χ3v) is 6.55. The predicted octanol–water partition coefficient (Wildman–Crippen LogP) is 3.80. The van der Waals surface area contributed by atoms with E-state index in [0.717, 1.165) is 0 Å². The van der Waals surface area contributed by atoms with Crippen LogP contribution in [-0.4, -0.2) is 26.8 Å². The van der Waals surface area contributed by atoms with E-state index in [-0.39, 0.29) is 22.0 Å². The van der Waals surface area contributed by atoms with Gasteiger partial charge in [-0.25, -0.2) is 8.42 Å². The highest BCUT2D eigenvalue weighted by atomic mass is 35.5. The molecule has 0 aliphatic rings. The first-order valence-electron chi connectivity index (χ1n) is 9.48. The van der Waals surface area contributed by atoms with Gasteiger partial charge in [-0.05, 0) is 42.5 Å². The molecule has 0 radical (unpaired) electrons. The molecule has 9 heteroatoms. The van der Waals surface area contributed by atoms with Crippen molar-refractivity contribution in [3.63, 3.8) is 0 Å². The normalized spacial score (nSPS) is 10.8. The molecule has 2 N–H and O–H groups in total. The summed E-state index contributed by atoms with van der Waals surface area (Å²) in [7, 11) is -4.03. The molecular formula is C23H20ClN3O4S. The maximum Gasteiger partial charge on any atom is 0.271 e. The van der Waals surface area contributed by atoms with Crippen molar-refractivity contribution >= 4 is 39.1 Å². The maximum atomic E-state index is 13.3. The summed E-state index contributed by atoms with van der Waals surface area (Å²) in [6.07, 6.45) is 1.47. The van der Waals surface area contributed by atoms with Crippen molar-refractivity contribution < 1.29 is 18.0 Å². The highest BCUT2D eigenvalue weighted by Crippen LogP contribution is 2.26. The van der Waals surface area contributed by atoms with Crippen LogP contribution in [-0.2, 0) is 10.0 Å². The zero-order valence-electron chi connectivity index (χ0n) is 16.9. The Morgan fingerprint density at radius 3 is 2.12 bits per heavy atom. The van der Waals surface area contributed by atoms with Gasteiger partial charge >= 0.3 is 0 Å². The van der Waals surface area contributed by atoms with E-state index in [0.29, 0.717) is 11.3 Å². The van der Waals surface area contributed by atoms with E-state index < -0.39 is 21.8 Å². The average Bonchev–Trinajstić information content (AvgIpc) is 2.82. The van der Waals surface area contributed by atoms with Crippen LogP contribution in [0.4, 0.5) is 5.69 Å². The molecule has 0 heterocycles. The third-order valence-electron chi connectivity index (χ3n) is 4.44. The molecule has 0 saturated carbocycles. The fourth-order valence-electron chi connectivity index (χ4n) is 2.86. The summed E-state index contributed by atoms with van der Waals surface area (Å²) in [5, 5.41) is 0.0328. The van der Waals surface area contributed by atoms with Crippen LogP contribution in [0.2, 0.25) is 5.02 Å². The summed E-state index contributed by atoms with van der Waals surface area (Å²) in [5.41, 5.74) is 5.23. The molecule has 7 nitrogen and oxygen atoms in total. The van der Waals surface area contributed by atoms with Crippen molar-refractivity contribution in [2.75, 3.05) is 10.8 Å². The Labute approximate surface area is 191 Å². The first kappa shape index (κ1) is 23.1. The van der Waals surface area contributed by atoms with E-state index in [1.807, 2.05) is 0 Å². The van der Waals surface area contributed by atoms with Crippen molar-refractivity contribution in [3.05, 3.63) is 108 Å². The number of carbonyl (C=O) groups excluding carboxylic acids is 2. The van der Waals surface area contributed by atoms with E-state index in [1.165, 1.54) is 28.6 Å². The van der Waals surface area contributed by atoms with Gasteiger partial charge in [0, 0.05) is 5.56 Å². The van der Waals surface area contributed by atoms with Crippen LogP contribution in [0, 0.1) is 0 Å². The second kappa shape index (κ2) is 10.1. The number of hydrogen-bond donors (Lipinski definition) is 2. The van der Waals surface area contributed by atoms with Crippen LogP contribution in [0.1, 0.15) is 20.7 Å². The Hall–Kier alpha value is -3.62. The standard InChI is InChI=1S/C23H20ClN3O4S/c1-2-15-27(18-11-7-4-8-12-18)32(30,31)19-13-14-21(24)20(16-19)23(29)26-25-22(28)17-9-5-3-6-10-17/h2-14,16H,1,15H2,(H,25,28)(H,26,29). The van der Waals surface area contributed by atoms with Gasteiger partial charge in [-0.1, -0.05) is 54.1 Å². The van der Waals surface area contributed by atoms with Gasteiger partial charge in [-0.3, -0.25) is 24.7 Å². The number of rotatable bonds is 7. The lowest BCUT2D eigenvalue weighted by Crippen LogP contribution is -2.41. The molecule has 164 valence electrons. The number of amides is 2. The lowest BCUT2D eigenvalue weighted by molar-refractivity contribution is 0.0846. The number of hydrogen-bond acceptors (Lipinski definition) is 4. The summed E-state index contributed by atoms with van der Waals surface area (Å²) in [5.74, 6) is -1.29. The number of nitrogens with one attached hydrogen (secondary N) is 2. The largest absolute Gasteiger partial charge is 0.271 e. The quantitative estimate of drug-likeness (QED) is 0.406. The second-order valence-electron chi connectivity index (χ2n) is 6.58. The Kier molecular flexibility index (Phi) is 7.29. The van der Waals surface area contributed by atoms with Crippen molar-refractivity contribution in [1.82, 2.24) is 10.9 Å². The zero-order valence-corrected chi connectivity index (χ0v) is 18.4. The number of hydrazine groups is 1. The second-order valence-corrected chi connectivity index (χ2v) is 8.85. The SMILES string of the molecule is C=CCN(c1ccccc1)S(=O)(=O)c1ccc(Cl)c(C(=O)NNC(=O)c2ccccc2)c1. The lowest BCUT2D eigenvalue weighted by Gasteiger charge is -2.23. The van der Waals surface area contributed by atoms with Gasteiger partial charge in [0.05, 0.1) is 27.7 Å². The minimum Gasteiger partial charge on any atom is -0.267 e. The lowest BCUT2D eigenvalue weighted by atomic mass is 10.2. The number of carbonyl (C=O) groups is 2. The Balaban J connectivity index is 1.86. The Morgan fingerprint density at radius 2 is 1.50 bits per heavy atom. The topological polar surface area (TPSA) is 95.6 Å². The molecule has 0 saturated heterocycles. The van der Waals surface area contributed by atoms with Crippen molar-refractivity contribution in [1.29, 1.82) is 0 Å². The van der Waals surface area contributed by atoms with Crippen molar-refractivity contribution in [3.8, 4) is 0 Å². The molecule has 3 aromatic carbocycles. The average molecular weight is 470 g/mol. The van der Waals surface area contributed by atoms with Gasteiger partial charge in [0.2, 0.25) is 0 Å². The summed E-state index contributed by atoms with van der Waals surface area (Å²) >= 11 is 6.13. The number of para-hydroxylation sites is 1. The zero-order chi connectivity index (χ0) is 23.1. The first-order chi connectivity index (χ1) is 15.3. The van der Waals surface area contributed by atoms with Crippen molar-refractivity contribution in [2.45, 2.75) is 4.90 Å². The van der Waals surface area contributed by atoms with Crippen LogP contribution in [0.15, 0.2) is 96.4 Å². The maximum absolute atomic E-state index is 13.3. The van der Waals surface area contributed by atoms with Gasteiger partial charge in [0.25, 0.3) is 21.8 Å². The molecule has 0 bridgehead atoms. The molecule has 3 aromatic rings. The number of nitrogens with zero attached hydrogens (tertiary/aromatic N) is 1. The smallest absolute Gasteiger partial charge is 0.267 e. The van der Waals surface area contributed by atoms with Crippen LogP contribution in [0.5, 0.6) is 0 Å². The van der Waals surface area contributed by atoms with E-state index in [2.05, 4.69) is 17.4 Å². The van der Waals surface area contributed by atoms with E-state index in [4.69, 9.17) is 11.6 Å². The van der Waals surface area contributed by atoms with E-state index in [1.54, 1.807) is 60.7 Å². The van der Waals surface area contributed by atoms with Crippen LogP contribution in [0.3, 0.4) is 0 Å². The number of benzene rings is 3. The van der Waals surface area contributed by atoms with E-state index in [9.17, 15) is 18.0 Å². The molecule has 3 rings (SSSR count). The first-order valence-corrected chi connectivity index (χ1v) is 11.3. The fraction of sp³-hybridized carbons (Fsp3) is 0.0435. The minimum atomic E-state index is -4.03. The number of anilines is 1. The highest BCUT2D eigenvalue weighted by molar-refractivity contribution is 7.92. The highest BCUT2D eigenvalue weighted by Gasteiger charge is 2.26. The minimum absolute atomic E-state index is 0.0314. The van der Waals surface area contributed by atoms with Gasteiger partial charge in [0.15, 0.2) is 0 Å². The molecular weight excluding hydrogens is 450 g/mol. The van der Waals surface area contributed by atoms with Gasteiger partial charge in [-0.15, -0.1) is 6.58 Å². The van der Waals surface area contributed by atoms with Crippen LogP contribution < -0.4 is 15.2 Å². The predicted molar refractivity (Wildman–Crippen MR) is 124 cm³/mol. The summed E-state index contributed by atoms with van der Waals surface area (Å²) in [6, 6.07) is 20.6. The molecule has 32 heavy (non-hydrogen) atoms. The van der Waals surface area contributed by atoms with Crippen molar-refractivity contribution in [2.24, 2.45) is 0 Å². The molecule has 0 fully saturated rings. The number of halogens is 1. The Bertz CT molecular complexity index is 1230. The van der Waals surface area contributed by atoms with Gasteiger partial charge in [-0.2, -0.15) is 0 Å². The summed E-state index contributed by atoms with van der Waals surface area (Å²) in [6.45, 7) is 3.66. The van der Waals surface area contributed by atoms with E-state index >= 15 is 0 Å². The van der Waals surface area contributed by atoms with Gasteiger partial charge in [0.1, 0.15) is 0 Å². The molecule has 0 unspecified atom stereocenters. The number of sulfonamides is 1. The molecule has 2 amide bonds. The van der Waals surface area contributed by atoms with Crippen LogP contribution in [0.25, 0.3) is 0 Å². The monoisotopic (exact) mass is 469 g/mol. The summed E-state index contributed by atoms with van der Waals surface area (Å²) < 4.78 is 27.8. The Morgan fingerprint density at radius 1 is 0.906 bits per heavy atom. The molecule has 0 aromatic heterocycles. The summed E-state index contributed by atoms with van der Waals surface area (Å²) in [4.78, 5) is 24.6. The fourth-order valence-corrected chi connectivity index (χ4v) is 4.53. The van der Waals surface area contributed by atoms with Gasteiger partial charge < -0.3 is 0 Å². The molecule has 0 spiro atoms.